The molecule has 1 aromatic rings. The van der Waals surface area contributed by atoms with Gasteiger partial charge in [0, 0.05) is 19.0 Å². The molecule has 0 saturated carbocycles. The Hall–Kier alpha value is -1.82. The molecule has 0 aliphatic carbocycles. The molecule has 0 radical (unpaired) electrons. The Kier molecular flexibility index (Phi) is 3.90. The molecule has 2 atom stereocenters. The molecule has 1 aliphatic heterocycles. The quantitative estimate of drug-likeness (QED) is 0.618. The minimum Gasteiger partial charge on any atom is -0.369 e. The molecule has 0 amide bonds. The zero-order valence-electron chi connectivity index (χ0n) is 10.9. The lowest BCUT2D eigenvalue weighted by atomic mass is 9.92. The summed E-state index contributed by atoms with van der Waals surface area (Å²) in [6.45, 7) is 3.95. The van der Waals surface area contributed by atoms with E-state index in [9.17, 15) is 14.9 Å². The van der Waals surface area contributed by atoms with Gasteiger partial charge in [-0.15, -0.1) is 0 Å². The van der Waals surface area contributed by atoms with Gasteiger partial charge in [0.25, 0.3) is 5.69 Å². The van der Waals surface area contributed by atoms with Crippen molar-refractivity contribution in [3.63, 3.8) is 0 Å². The Balaban J connectivity index is 2.30. The Morgan fingerprint density at radius 2 is 2.21 bits per heavy atom. The molecule has 2 rings (SSSR count). The predicted molar refractivity (Wildman–Crippen MR) is 67.6 cm³/mol. The first-order valence-corrected chi connectivity index (χ1v) is 6.24. The van der Waals surface area contributed by atoms with Crippen LogP contribution in [0.3, 0.4) is 0 Å². The lowest BCUT2D eigenvalue weighted by molar-refractivity contribution is -0.386. The number of Topliss-reactive ketones (excluding diaryl/α,β-unsaturated/α-hetero) is 1. The predicted octanol–water partition coefficient (Wildman–Crippen LogP) is 2.44. The number of carbonyl (C=O) groups excluding carboxylic acids is 1. The van der Waals surface area contributed by atoms with Gasteiger partial charge < -0.3 is 4.74 Å². The van der Waals surface area contributed by atoms with E-state index in [2.05, 4.69) is 4.98 Å². The minimum absolute atomic E-state index is 0.0843. The van der Waals surface area contributed by atoms with E-state index in [1.54, 1.807) is 6.07 Å². The third-order valence-corrected chi connectivity index (χ3v) is 3.30. The molecule has 1 fully saturated rings. The number of ketones is 1. The zero-order chi connectivity index (χ0) is 14.0. The van der Waals surface area contributed by atoms with Gasteiger partial charge in [0.1, 0.15) is 12.0 Å². The second-order valence-corrected chi connectivity index (χ2v) is 5.05. The normalized spacial score (nSPS) is 23.6. The monoisotopic (exact) mass is 264 g/mol. The molecule has 19 heavy (non-hydrogen) atoms. The maximum absolute atomic E-state index is 11.8. The average Bonchev–Trinajstić information content (AvgIpc) is 2.37. The molecule has 0 aromatic carbocycles. The van der Waals surface area contributed by atoms with Crippen LogP contribution in [0.15, 0.2) is 18.5 Å². The molecule has 2 heterocycles. The molecule has 1 aromatic heterocycles. The van der Waals surface area contributed by atoms with Gasteiger partial charge in [-0.25, -0.2) is 0 Å². The summed E-state index contributed by atoms with van der Waals surface area (Å²) in [6.07, 6.45) is 2.52. The fourth-order valence-electron chi connectivity index (χ4n) is 2.22. The topological polar surface area (TPSA) is 82.3 Å². The molecule has 0 bridgehead atoms. The number of nitrogens with zero attached hydrogens (tertiary/aromatic N) is 2. The minimum atomic E-state index is -0.544. The number of pyridine rings is 1. The van der Waals surface area contributed by atoms with Crippen LogP contribution < -0.4 is 0 Å². The fourth-order valence-corrected chi connectivity index (χ4v) is 2.22. The number of rotatable bonds is 3. The van der Waals surface area contributed by atoms with Gasteiger partial charge >= 0.3 is 0 Å². The van der Waals surface area contributed by atoms with Crippen molar-refractivity contribution in [3.05, 3.63) is 34.1 Å². The van der Waals surface area contributed by atoms with Gasteiger partial charge in [-0.1, -0.05) is 13.8 Å². The molecule has 6 nitrogen and oxygen atoms in total. The standard InChI is InChI=1S/C13H16N2O4/c1-8(2)12-5-9(16)6-13(19-12)10-3-4-14-7-11(10)15(17)18/h3-4,7-8,12-13H,5-6H2,1-2H3. The molecule has 6 heteroatoms. The van der Waals surface area contributed by atoms with Crippen LogP contribution in [-0.4, -0.2) is 21.8 Å². The number of carbonyl (C=O) groups is 1. The summed E-state index contributed by atoms with van der Waals surface area (Å²) in [5, 5.41) is 11.0. The lowest BCUT2D eigenvalue weighted by Gasteiger charge is -2.31. The first-order valence-electron chi connectivity index (χ1n) is 6.24. The highest BCUT2D eigenvalue weighted by molar-refractivity contribution is 5.80. The summed E-state index contributed by atoms with van der Waals surface area (Å²) in [4.78, 5) is 26.0. The Bertz CT molecular complexity index is 501. The Labute approximate surface area is 110 Å². The molecule has 1 aliphatic rings. The van der Waals surface area contributed by atoms with Crippen molar-refractivity contribution in [2.24, 2.45) is 5.92 Å². The van der Waals surface area contributed by atoms with E-state index < -0.39 is 11.0 Å². The van der Waals surface area contributed by atoms with E-state index in [0.717, 1.165) is 0 Å². The van der Waals surface area contributed by atoms with Crippen LogP contribution in [0.4, 0.5) is 5.69 Å². The number of aromatic nitrogens is 1. The van der Waals surface area contributed by atoms with E-state index in [1.807, 2.05) is 13.8 Å². The molecule has 102 valence electrons. The Morgan fingerprint density at radius 3 is 2.84 bits per heavy atom. The Morgan fingerprint density at radius 1 is 1.47 bits per heavy atom. The summed E-state index contributed by atoms with van der Waals surface area (Å²) in [6, 6.07) is 1.55. The van der Waals surface area contributed by atoms with Crippen LogP contribution in [-0.2, 0) is 9.53 Å². The maximum atomic E-state index is 11.8. The second kappa shape index (κ2) is 5.44. The van der Waals surface area contributed by atoms with Crippen molar-refractivity contribution in [2.75, 3.05) is 0 Å². The van der Waals surface area contributed by atoms with E-state index in [1.165, 1.54) is 12.4 Å². The van der Waals surface area contributed by atoms with Gasteiger partial charge in [0.05, 0.1) is 22.7 Å². The maximum Gasteiger partial charge on any atom is 0.293 e. The summed E-state index contributed by atoms with van der Waals surface area (Å²) < 4.78 is 5.84. The molecular formula is C13H16N2O4. The number of ether oxygens (including phenoxy) is 1. The molecule has 0 spiro atoms. The summed E-state index contributed by atoms with van der Waals surface area (Å²) in [5.74, 6) is 0.286. The van der Waals surface area contributed by atoms with Crippen LogP contribution in [0, 0.1) is 16.0 Å². The van der Waals surface area contributed by atoms with E-state index in [0.29, 0.717) is 12.0 Å². The molecular weight excluding hydrogens is 248 g/mol. The van der Waals surface area contributed by atoms with Crippen molar-refractivity contribution in [1.29, 1.82) is 0 Å². The number of nitro groups is 1. The van der Waals surface area contributed by atoms with Crippen LogP contribution in [0.2, 0.25) is 0 Å². The smallest absolute Gasteiger partial charge is 0.293 e. The zero-order valence-corrected chi connectivity index (χ0v) is 10.9. The van der Waals surface area contributed by atoms with E-state index in [4.69, 9.17) is 4.74 Å². The molecule has 0 N–H and O–H groups in total. The van der Waals surface area contributed by atoms with Gasteiger partial charge in [0.2, 0.25) is 0 Å². The number of hydrogen-bond acceptors (Lipinski definition) is 5. The van der Waals surface area contributed by atoms with Crippen molar-refractivity contribution < 1.29 is 14.5 Å². The first kappa shape index (κ1) is 13.6. The van der Waals surface area contributed by atoms with E-state index in [-0.39, 0.29) is 29.9 Å². The first-order chi connectivity index (χ1) is 8.99. The fraction of sp³-hybridized carbons (Fsp3) is 0.538. The highest BCUT2D eigenvalue weighted by Gasteiger charge is 2.33. The van der Waals surface area contributed by atoms with Gasteiger partial charge in [0.15, 0.2) is 0 Å². The van der Waals surface area contributed by atoms with Crippen LogP contribution in [0.25, 0.3) is 0 Å². The lowest BCUT2D eigenvalue weighted by Crippen LogP contribution is -2.32. The van der Waals surface area contributed by atoms with Gasteiger partial charge in [-0.05, 0) is 12.0 Å². The van der Waals surface area contributed by atoms with Crippen molar-refractivity contribution in [1.82, 2.24) is 4.98 Å². The van der Waals surface area contributed by atoms with Crippen LogP contribution in [0.1, 0.15) is 38.4 Å². The third-order valence-electron chi connectivity index (χ3n) is 3.30. The second-order valence-electron chi connectivity index (χ2n) is 5.05. The van der Waals surface area contributed by atoms with Crippen LogP contribution in [0.5, 0.6) is 0 Å². The summed E-state index contributed by atoms with van der Waals surface area (Å²) in [5.41, 5.74) is 0.336. The third kappa shape index (κ3) is 2.96. The van der Waals surface area contributed by atoms with Crippen molar-refractivity contribution >= 4 is 11.5 Å². The van der Waals surface area contributed by atoms with Crippen molar-refractivity contribution in [2.45, 2.75) is 38.9 Å². The van der Waals surface area contributed by atoms with Crippen LogP contribution >= 0.6 is 0 Å². The number of hydrogen-bond donors (Lipinski definition) is 0. The van der Waals surface area contributed by atoms with E-state index >= 15 is 0 Å². The summed E-state index contributed by atoms with van der Waals surface area (Å²) in [7, 11) is 0. The van der Waals surface area contributed by atoms with Gasteiger partial charge in [-0.3, -0.25) is 19.9 Å². The van der Waals surface area contributed by atoms with Gasteiger partial charge in [-0.2, -0.15) is 0 Å². The highest BCUT2D eigenvalue weighted by atomic mass is 16.6. The van der Waals surface area contributed by atoms with Crippen molar-refractivity contribution in [3.8, 4) is 0 Å². The SMILES string of the molecule is CC(C)C1CC(=O)CC(c2ccncc2[N+](=O)[O-])O1. The largest absolute Gasteiger partial charge is 0.369 e. The summed E-state index contributed by atoms with van der Waals surface area (Å²) >= 11 is 0. The molecule has 2 unspecified atom stereocenters. The average molecular weight is 264 g/mol. The molecule has 1 saturated heterocycles. The highest BCUT2D eigenvalue weighted by Crippen LogP contribution is 2.35.